The lowest BCUT2D eigenvalue weighted by molar-refractivity contribution is -0.305. The molecule has 59 heavy (non-hydrogen) atoms. The Hall–Kier alpha value is -2.08. The number of rotatable bonds is 40. The lowest BCUT2D eigenvalue weighted by Gasteiger charge is -2.39. The van der Waals surface area contributed by atoms with Gasteiger partial charge in [-0.05, 0) is 44.9 Å². The number of aliphatic hydroxyl groups is 4. The molecule has 0 aromatic rings. The van der Waals surface area contributed by atoms with Crippen molar-refractivity contribution in [2.45, 2.75) is 243 Å². The predicted molar refractivity (Wildman–Crippen MR) is 238 cm³/mol. The summed E-state index contributed by atoms with van der Waals surface area (Å²) in [5.74, 6) is -0.819. The number of hydrogen-bond donors (Lipinski definition) is 4. The number of aliphatic hydroxyl groups excluding tert-OH is 4. The molecule has 10 nitrogen and oxygen atoms in total. The van der Waals surface area contributed by atoms with Gasteiger partial charge in [0.2, 0.25) is 0 Å². The zero-order valence-corrected chi connectivity index (χ0v) is 37.5. The molecule has 0 spiro atoms. The van der Waals surface area contributed by atoms with E-state index in [1.165, 1.54) is 103 Å². The Kier molecular flexibility index (Phi) is 37.3. The Morgan fingerprint density at radius 3 is 1.51 bits per heavy atom. The summed E-state index contributed by atoms with van der Waals surface area (Å²) in [5.41, 5.74) is 0. The zero-order valence-electron chi connectivity index (χ0n) is 37.5. The summed E-state index contributed by atoms with van der Waals surface area (Å²) in [6.45, 7) is 3.31. The Morgan fingerprint density at radius 2 is 1.00 bits per heavy atom. The van der Waals surface area contributed by atoms with Crippen molar-refractivity contribution in [3.63, 3.8) is 0 Å². The van der Waals surface area contributed by atoms with Crippen LogP contribution in [0.15, 0.2) is 36.5 Å². The molecule has 10 heteroatoms. The third kappa shape index (κ3) is 31.4. The molecular weight excluding hydrogens is 749 g/mol. The van der Waals surface area contributed by atoms with Crippen LogP contribution in [0.25, 0.3) is 0 Å². The lowest BCUT2D eigenvalue weighted by Crippen LogP contribution is -2.59. The SMILES string of the molecule is CC/C=C\C/C=C\C/C=C\CCCCCCCC(=O)OC(COC(=O)CCCCCCCCCCCCCCCCCCCCC)COC1OC(CO)C(O)C(O)C1O. The predicted octanol–water partition coefficient (Wildman–Crippen LogP) is 10.7. The van der Waals surface area contributed by atoms with Crippen LogP contribution in [0.5, 0.6) is 0 Å². The quantitative estimate of drug-likeness (QED) is 0.0267. The van der Waals surface area contributed by atoms with Gasteiger partial charge in [-0.1, -0.05) is 185 Å². The second-order valence-electron chi connectivity index (χ2n) is 16.5. The Morgan fingerprint density at radius 1 is 0.542 bits per heavy atom. The number of hydrogen-bond acceptors (Lipinski definition) is 10. The van der Waals surface area contributed by atoms with E-state index < -0.39 is 49.4 Å². The Bertz CT molecular complexity index is 1060. The first-order chi connectivity index (χ1) is 28.8. The monoisotopic (exact) mass is 837 g/mol. The summed E-state index contributed by atoms with van der Waals surface area (Å²) in [5, 5.41) is 40.1. The summed E-state index contributed by atoms with van der Waals surface area (Å²) in [4.78, 5) is 25.4. The van der Waals surface area contributed by atoms with E-state index in [4.69, 9.17) is 18.9 Å². The number of carbonyl (C=O) groups excluding carboxylic acids is 2. The average molecular weight is 837 g/mol. The molecule has 0 saturated carbocycles. The topological polar surface area (TPSA) is 152 Å². The highest BCUT2D eigenvalue weighted by Crippen LogP contribution is 2.23. The molecule has 0 bridgehead atoms. The molecule has 4 N–H and O–H groups in total. The normalized spacial score (nSPS) is 20.3. The average Bonchev–Trinajstić information content (AvgIpc) is 3.23. The number of allylic oxidation sites excluding steroid dienone is 6. The van der Waals surface area contributed by atoms with Gasteiger partial charge in [-0.2, -0.15) is 0 Å². The van der Waals surface area contributed by atoms with Gasteiger partial charge < -0.3 is 39.4 Å². The minimum absolute atomic E-state index is 0.212. The van der Waals surface area contributed by atoms with Gasteiger partial charge >= 0.3 is 11.9 Å². The van der Waals surface area contributed by atoms with Crippen molar-refractivity contribution < 1.29 is 49.0 Å². The lowest BCUT2D eigenvalue weighted by atomic mass is 9.99. The number of carbonyl (C=O) groups is 2. The molecule has 1 rings (SSSR count). The fraction of sp³-hybridized carbons (Fsp3) is 0.837. The van der Waals surface area contributed by atoms with Gasteiger partial charge in [0.05, 0.1) is 13.2 Å². The minimum Gasteiger partial charge on any atom is -0.462 e. The molecule has 1 aliphatic rings. The van der Waals surface area contributed by atoms with Crippen LogP contribution in [0.3, 0.4) is 0 Å². The van der Waals surface area contributed by atoms with Crippen LogP contribution in [0.4, 0.5) is 0 Å². The van der Waals surface area contributed by atoms with Gasteiger partial charge in [0.15, 0.2) is 12.4 Å². The fourth-order valence-electron chi connectivity index (χ4n) is 7.26. The van der Waals surface area contributed by atoms with Crippen molar-refractivity contribution in [1.29, 1.82) is 0 Å². The van der Waals surface area contributed by atoms with Gasteiger partial charge in [-0.25, -0.2) is 0 Å². The van der Waals surface area contributed by atoms with Crippen LogP contribution in [-0.4, -0.2) is 89.0 Å². The van der Waals surface area contributed by atoms with E-state index in [0.717, 1.165) is 70.6 Å². The molecule has 1 fully saturated rings. The first kappa shape index (κ1) is 54.9. The number of ether oxygens (including phenoxy) is 4. The zero-order chi connectivity index (χ0) is 43.0. The highest BCUT2D eigenvalue weighted by atomic mass is 16.7. The second-order valence-corrected chi connectivity index (χ2v) is 16.5. The van der Waals surface area contributed by atoms with Gasteiger partial charge in [0, 0.05) is 12.8 Å². The molecule has 6 unspecified atom stereocenters. The van der Waals surface area contributed by atoms with Crippen LogP contribution in [0, 0.1) is 0 Å². The standard InChI is InChI=1S/C49H88O10/c1-3-5-7-9-11-13-15-17-19-20-21-22-24-25-27-29-31-33-35-37-44(51)56-40-42(41-57-49-48(55)47(54)46(53)43(39-50)59-49)58-45(52)38-36-34-32-30-28-26-23-18-16-14-12-10-8-6-4-2/h6,8,12,14,18,23,42-43,46-50,53-55H,3-5,7,9-11,13,15-17,19-22,24-41H2,1-2H3/b8-6-,14-12-,23-18-. The summed E-state index contributed by atoms with van der Waals surface area (Å²) < 4.78 is 22.2. The van der Waals surface area contributed by atoms with E-state index in [1.54, 1.807) is 0 Å². The summed E-state index contributed by atoms with van der Waals surface area (Å²) in [6, 6.07) is 0. The molecule has 1 saturated heterocycles. The maximum absolute atomic E-state index is 12.8. The minimum atomic E-state index is -1.60. The highest BCUT2D eigenvalue weighted by molar-refractivity contribution is 5.70. The van der Waals surface area contributed by atoms with Crippen molar-refractivity contribution in [3.8, 4) is 0 Å². The maximum atomic E-state index is 12.8. The van der Waals surface area contributed by atoms with E-state index in [1.807, 2.05) is 0 Å². The van der Waals surface area contributed by atoms with E-state index in [0.29, 0.717) is 6.42 Å². The molecule has 344 valence electrons. The van der Waals surface area contributed by atoms with Crippen molar-refractivity contribution in [2.75, 3.05) is 19.8 Å². The third-order valence-corrected chi connectivity index (χ3v) is 11.0. The molecule has 0 amide bonds. The molecule has 0 radical (unpaired) electrons. The van der Waals surface area contributed by atoms with Crippen molar-refractivity contribution in [2.24, 2.45) is 0 Å². The van der Waals surface area contributed by atoms with Gasteiger partial charge in [-0.3, -0.25) is 9.59 Å². The summed E-state index contributed by atoms with van der Waals surface area (Å²) in [7, 11) is 0. The van der Waals surface area contributed by atoms with Crippen molar-refractivity contribution >= 4 is 11.9 Å². The van der Waals surface area contributed by atoms with Gasteiger partial charge in [0.25, 0.3) is 0 Å². The van der Waals surface area contributed by atoms with Gasteiger partial charge in [0.1, 0.15) is 31.0 Å². The molecule has 6 atom stereocenters. The third-order valence-electron chi connectivity index (χ3n) is 11.0. The first-order valence-electron chi connectivity index (χ1n) is 24.1. The van der Waals surface area contributed by atoms with Gasteiger partial charge in [-0.15, -0.1) is 0 Å². The largest absolute Gasteiger partial charge is 0.462 e. The number of esters is 2. The molecule has 1 heterocycles. The molecule has 1 aliphatic heterocycles. The Balaban J connectivity index is 2.28. The first-order valence-corrected chi connectivity index (χ1v) is 24.1. The number of unbranched alkanes of at least 4 members (excludes halogenated alkanes) is 23. The van der Waals surface area contributed by atoms with Crippen LogP contribution in [0.1, 0.15) is 206 Å². The van der Waals surface area contributed by atoms with E-state index in [2.05, 4.69) is 50.3 Å². The van der Waals surface area contributed by atoms with Crippen molar-refractivity contribution in [1.82, 2.24) is 0 Å². The second kappa shape index (κ2) is 40.0. The summed E-state index contributed by atoms with van der Waals surface area (Å²) >= 11 is 0. The van der Waals surface area contributed by atoms with Crippen molar-refractivity contribution in [3.05, 3.63) is 36.5 Å². The Labute approximate surface area is 359 Å². The molecular formula is C49H88O10. The van der Waals surface area contributed by atoms with E-state index in [-0.39, 0.29) is 32.0 Å². The smallest absolute Gasteiger partial charge is 0.306 e. The maximum Gasteiger partial charge on any atom is 0.306 e. The van der Waals surface area contributed by atoms with Crippen LogP contribution in [0.2, 0.25) is 0 Å². The molecule has 0 aromatic carbocycles. The van der Waals surface area contributed by atoms with Crippen LogP contribution >= 0.6 is 0 Å². The summed E-state index contributed by atoms with van der Waals surface area (Å²) in [6.07, 6.45) is 38.7. The van der Waals surface area contributed by atoms with E-state index >= 15 is 0 Å². The van der Waals surface area contributed by atoms with Crippen LogP contribution in [-0.2, 0) is 28.5 Å². The van der Waals surface area contributed by atoms with E-state index in [9.17, 15) is 30.0 Å². The highest BCUT2D eigenvalue weighted by Gasteiger charge is 2.44. The molecule has 0 aliphatic carbocycles. The molecule has 0 aromatic heterocycles. The van der Waals surface area contributed by atoms with Crippen LogP contribution < -0.4 is 0 Å². The fourth-order valence-corrected chi connectivity index (χ4v) is 7.26.